The van der Waals surface area contributed by atoms with E-state index >= 15 is 0 Å². The van der Waals surface area contributed by atoms with Crippen LogP contribution in [0.1, 0.15) is 56.6 Å². The third-order valence-corrected chi connectivity index (χ3v) is 6.63. The highest BCUT2D eigenvalue weighted by Gasteiger charge is 2.26. The molecule has 34 heavy (non-hydrogen) atoms. The van der Waals surface area contributed by atoms with Crippen molar-refractivity contribution in [3.8, 4) is 11.8 Å². The SMILES string of the molecule is CCCCS(=O)(=O)N[C@@H](Cc1ccc(OCCCCCC#N)cc1)C(=O)OCc1ccccc1. The highest BCUT2D eigenvalue weighted by molar-refractivity contribution is 7.89. The predicted molar refractivity (Wildman–Crippen MR) is 132 cm³/mol. The molecule has 2 aromatic carbocycles. The molecule has 0 saturated carbocycles. The quantitative estimate of drug-likeness (QED) is 0.276. The molecule has 0 saturated heterocycles. The Balaban J connectivity index is 1.98. The maximum atomic E-state index is 12.8. The number of benzene rings is 2. The van der Waals surface area contributed by atoms with E-state index in [0.717, 1.165) is 36.8 Å². The Morgan fingerprint density at radius 2 is 1.74 bits per heavy atom. The van der Waals surface area contributed by atoms with E-state index in [9.17, 15) is 13.2 Å². The van der Waals surface area contributed by atoms with Crippen LogP contribution in [-0.4, -0.2) is 32.8 Å². The number of carbonyl (C=O) groups is 1. The number of hydrogen-bond acceptors (Lipinski definition) is 6. The summed E-state index contributed by atoms with van der Waals surface area (Å²) in [6.45, 7) is 2.56. The minimum atomic E-state index is -3.62. The van der Waals surface area contributed by atoms with Crippen LogP contribution in [0, 0.1) is 11.3 Å². The number of nitrogens with zero attached hydrogens (tertiary/aromatic N) is 1. The average molecular weight is 487 g/mol. The molecule has 0 aliphatic rings. The van der Waals surface area contributed by atoms with Gasteiger partial charge in [0.15, 0.2) is 0 Å². The molecule has 184 valence electrons. The van der Waals surface area contributed by atoms with E-state index in [1.165, 1.54) is 0 Å². The molecule has 0 radical (unpaired) electrons. The zero-order valence-corrected chi connectivity index (χ0v) is 20.6. The molecule has 0 aromatic heterocycles. The van der Waals surface area contributed by atoms with Crippen LogP contribution in [0.15, 0.2) is 54.6 Å². The summed E-state index contributed by atoms with van der Waals surface area (Å²) in [7, 11) is -3.62. The summed E-state index contributed by atoms with van der Waals surface area (Å²) in [6.07, 6.45) is 4.68. The number of ether oxygens (including phenoxy) is 2. The molecule has 0 spiro atoms. The van der Waals surface area contributed by atoms with Gasteiger partial charge >= 0.3 is 5.97 Å². The van der Waals surface area contributed by atoms with Gasteiger partial charge in [0, 0.05) is 6.42 Å². The first-order valence-electron chi connectivity index (χ1n) is 11.7. The summed E-state index contributed by atoms with van der Waals surface area (Å²) in [5, 5.41) is 8.56. The van der Waals surface area contributed by atoms with Crippen molar-refractivity contribution in [1.29, 1.82) is 5.26 Å². The van der Waals surface area contributed by atoms with Gasteiger partial charge in [0.05, 0.1) is 18.4 Å². The van der Waals surface area contributed by atoms with Gasteiger partial charge in [0.2, 0.25) is 10.0 Å². The van der Waals surface area contributed by atoms with Crippen molar-refractivity contribution in [3.05, 3.63) is 65.7 Å². The Kier molecular flexibility index (Phi) is 12.1. The van der Waals surface area contributed by atoms with Gasteiger partial charge in [-0.05, 0) is 55.4 Å². The summed E-state index contributed by atoms with van der Waals surface area (Å²) >= 11 is 0. The molecule has 0 unspecified atom stereocenters. The third kappa shape index (κ3) is 10.8. The number of carbonyl (C=O) groups excluding carboxylic acids is 1. The van der Waals surface area contributed by atoms with E-state index in [0.29, 0.717) is 25.2 Å². The molecular weight excluding hydrogens is 452 g/mol. The molecule has 0 aliphatic carbocycles. The van der Waals surface area contributed by atoms with E-state index in [-0.39, 0.29) is 18.8 Å². The van der Waals surface area contributed by atoms with Crippen LogP contribution < -0.4 is 9.46 Å². The summed E-state index contributed by atoms with van der Waals surface area (Å²) in [5.74, 6) is 0.0602. The molecular formula is C26H34N2O5S. The fraction of sp³-hybridized carbons (Fsp3) is 0.462. The first-order chi connectivity index (χ1) is 16.4. The van der Waals surface area contributed by atoms with Crippen LogP contribution in [0.5, 0.6) is 5.75 Å². The largest absolute Gasteiger partial charge is 0.494 e. The highest BCUT2D eigenvalue weighted by Crippen LogP contribution is 2.16. The second kappa shape index (κ2) is 15.1. The Bertz CT molecular complexity index is 1000. The number of nitrogens with one attached hydrogen (secondary N) is 1. The van der Waals surface area contributed by atoms with E-state index in [1.54, 1.807) is 0 Å². The monoisotopic (exact) mass is 486 g/mol. The predicted octanol–water partition coefficient (Wildman–Crippen LogP) is 4.52. The second-order valence-corrected chi connectivity index (χ2v) is 9.97. The first-order valence-corrected chi connectivity index (χ1v) is 13.4. The van der Waals surface area contributed by atoms with Gasteiger partial charge in [-0.3, -0.25) is 4.79 Å². The minimum absolute atomic E-state index is 0.0346. The zero-order chi connectivity index (χ0) is 24.7. The second-order valence-electron chi connectivity index (χ2n) is 8.10. The van der Waals surface area contributed by atoms with E-state index in [2.05, 4.69) is 10.8 Å². The topological polar surface area (TPSA) is 105 Å². The van der Waals surface area contributed by atoms with Gasteiger partial charge in [-0.1, -0.05) is 55.8 Å². The number of esters is 1. The minimum Gasteiger partial charge on any atom is -0.494 e. The number of rotatable bonds is 16. The maximum absolute atomic E-state index is 12.8. The van der Waals surface area contributed by atoms with Gasteiger partial charge in [0.1, 0.15) is 18.4 Å². The first kappa shape index (κ1) is 27.4. The highest BCUT2D eigenvalue weighted by atomic mass is 32.2. The van der Waals surface area contributed by atoms with Gasteiger partial charge in [-0.2, -0.15) is 5.26 Å². The van der Waals surface area contributed by atoms with Crippen LogP contribution >= 0.6 is 0 Å². The number of sulfonamides is 1. The fourth-order valence-corrected chi connectivity index (χ4v) is 4.64. The Morgan fingerprint density at radius 1 is 1.00 bits per heavy atom. The number of nitriles is 1. The standard InChI is InChI=1S/C26H34N2O5S/c1-2-3-19-34(30,31)28-25(26(29)33-21-23-11-7-6-8-12-23)20-22-13-15-24(16-14-22)32-18-10-5-4-9-17-27/h6-8,11-16,25,28H,2-5,9-10,18-21H2,1H3/t25-/m0/s1. The molecule has 2 rings (SSSR count). The van der Waals surface area contributed by atoms with Crippen molar-refractivity contribution < 1.29 is 22.7 Å². The number of unbranched alkanes of at least 4 members (excludes halogenated alkanes) is 4. The Hall–Kier alpha value is -2.89. The molecule has 0 aliphatic heterocycles. The third-order valence-electron chi connectivity index (χ3n) is 5.16. The zero-order valence-electron chi connectivity index (χ0n) is 19.7. The van der Waals surface area contributed by atoms with E-state index < -0.39 is 22.0 Å². The lowest BCUT2D eigenvalue weighted by Crippen LogP contribution is -2.44. The summed E-state index contributed by atoms with van der Waals surface area (Å²) in [4.78, 5) is 12.8. The summed E-state index contributed by atoms with van der Waals surface area (Å²) in [5.41, 5.74) is 1.62. The van der Waals surface area contributed by atoms with E-state index in [1.807, 2.05) is 61.5 Å². The van der Waals surface area contributed by atoms with Gasteiger partial charge in [0.25, 0.3) is 0 Å². The van der Waals surface area contributed by atoms with Crippen molar-refractivity contribution in [1.82, 2.24) is 4.72 Å². The van der Waals surface area contributed by atoms with Gasteiger partial charge in [-0.25, -0.2) is 13.1 Å². The summed E-state index contributed by atoms with van der Waals surface area (Å²) < 4.78 is 38.6. The van der Waals surface area contributed by atoms with Crippen molar-refractivity contribution in [2.24, 2.45) is 0 Å². The van der Waals surface area contributed by atoms with Crippen LogP contribution in [-0.2, 0) is 32.6 Å². The van der Waals surface area contributed by atoms with Crippen LogP contribution in [0.3, 0.4) is 0 Å². The average Bonchev–Trinajstić information content (AvgIpc) is 2.84. The molecule has 0 bridgehead atoms. The molecule has 1 N–H and O–H groups in total. The molecule has 0 amide bonds. The van der Waals surface area contributed by atoms with Crippen LogP contribution in [0.25, 0.3) is 0 Å². The molecule has 7 nitrogen and oxygen atoms in total. The smallest absolute Gasteiger partial charge is 0.324 e. The normalized spacial score (nSPS) is 12.0. The Morgan fingerprint density at radius 3 is 2.41 bits per heavy atom. The molecule has 0 heterocycles. The molecule has 1 atom stereocenters. The van der Waals surface area contributed by atoms with Crippen molar-refractivity contribution in [2.75, 3.05) is 12.4 Å². The van der Waals surface area contributed by atoms with Gasteiger partial charge < -0.3 is 9.47 Å². The van der Waals surface area contributed by atoms with E-state index in [4.69, 9.17) is 14.7 Å². The molecule has 2 aromatic rings. The van der Waals surface area contributed by atoms with Crippen molar-refractivity contribution >= 4 is 16.0 Å². The molecule has 0 fully saturated rings. The van der Waals surface area contributed by atoms with Gasteiger partial charge in [-0.15, -0.1) is 0 Å². The lowest BCUT2D eigenvalue weighted by molar-refractivity contribution is -0.147. The Labute approximate surface area is 203 Å². The lowest BCUT2D eigenvalue weighted by Gasteiger charge is -2.18. The maximum Gasteiger partial charge on any atom is 0.324 e. The van der Waals surface area contributed by atoms with Crippen LogP contribution in [0.2, 0.25) is 0 Å². The summed E-state index contributed by atoms with van der Waals surface area (Å²) in [6, 6.07) is 17.6. The number of hydrogen-bond donors (Lipinski definition) is 1. The van der Waals surface area contributed by atoms with Crippen molar-refractivity contribution in [3.63, 3.8) is 0 Å². The van der Waals surface area contributed by atoms with Crippen molar-refractivity contribution in [2.45, 2.75) is 64.5 Å². The molecule has 8 heteroatoms. The lowest BCUT2D eigenvalue weighted by atomic mass is 10.1. The van der Waals surface area contributed by atoms with Crippen LogP contribution in [0.4, 0.5) is 0 Å². The fourth-order valence-electron chi connectivity index (χ4n) is 3.24.